The third kappa shape index (κ3) is 4.24. The number of rotatable bonds is 1. The maximum Gasteiger partial charge on any atom is 0.237 e. The molecule has 0 saturated carbocycles. The van der Waals surface area contributed by atoms with Crippen molar-refractivity contribution in [1.82, 2.24) is 10.6 Å². The molecule has 0 spiro atoms. The number of carbonyl (C=O) groups excluding carboxylic acids is 1. The van der Waals surface area contributed by atoms with E-state index >= 15 is 0 Å². The van der Waals surface area contributed by atoms with Crippen LogP contribution in [0.5, 0.6) is 0 Å². The second kappa shape index (κ2) is 4.58. The van der Waals surface area contributed by atoms with Crippen LogP contribution in [0.4, 0.5) is 0 Å². The molecule has 78 valence electrons. The standard InChI is InChI=1S/C9H18N2O.H2O/c1-9(2,3)11-8(12)7-5-4-6-10-7;/h7,10H,4-6H2,1-3H3,(H,11,12);1H2/t7-;/m0./s1. The average molecular weight is 188 g/mol. The summed E-state index contributed by atoms with van der Waals surface area (Å²) < 4.78 is 0. The maximum absolute atomic E-state index is 11.5. The molecule has 13 heavy (non-hydrogen) atoms. The lowest BCUT2D eigenvalue weighted by Gasteiger charge is -2.22. The first-order chi connectivity index (χ1) is 5.49. The minimum Gasteiger partial charge on any atom is -0.412 e. The first-order valence-corrected chi connectivity index (χ1v) is 4.54. The molecule has 0 aromatic rings. The van der Waals surface area contributed by atoms with Crippen LogP contribution in [0.2, 0.25) is 0 Å². The zero-order valence-corrected chi connectivity index (χ0v) is 8.61. The van der Waals surface area contributed by atoms with Crippen molar-refractivity contribution in [2.45, 2.75) is 45.2 Å². The van der Waals surface area contributed by atoms with E-state index in [0.717, 1.165) is 19.4 Å². The van der Waals surface area contributed by atoms with Gasteiger partial charge >= 0.3 is 0 Å². The van der Waals surface area contributed by atoms with E-state index in [-0.39, 0.29) is 23.0 Å². The molecule has 0 aromatic heterocycles. The molecular formula is C9H20N2O2. The highest BCUT2D eigenvalue weighted by Crippen LogP contribution is 2.07. The van der Waals surface area contributed by atoms with Crippen molar-refractivity contribution in [1.29, 1.82) is 0 Å². The number of hydrogen-bond donors (Lipinski definition) is 2. The van der Waals surface area contributed by atoms with Crippen molar-refractivity contribution < 1.29 is 10.3 Å². The minimum absolute atomic E-state index is 0. The van der Waals surface area contributed by atoms with Gasteiger partial charge in [-0.2, -0.15) is 0 Å². The van der Waals surface area contributed by atoms with Crippen LogP contribution in [0.1, 0.15) is 33.6 Å². The van der Waals surface area contributed by atoms with E-state index in [0.29, 0.717) is 0 Å². The van der Waals surface area contributed by atoms with Gasteiger partial charge in [0.25, 0.3) is 0 Å². The monoisotopic (exact) mass is 188 g/mol. The summed E-state index contributed by atoms with van der Waals surface area (Å²) in [6, 6.07) is 0.0456. The van der Waals surface area contributed by atoms with Crippen LogP contribution in [0.3, 0.4) is 0 Å². The van der Waals surface area contributed by atoms with Gasteiger partial charge in [-0.1, -0.05) is 0 Å². The summed E-state index contributed by atoms with van der Waals surface area (Å²) in [5.74, 6) is 0.139. The van der Waals surface area contributed by atoms with Crippen LogP contribution in [0.25, 0.3) is 0 Å². The summed E-state index contributed by atoms with van der Waals surface area (Å²) in [6.07, 6.45) is 2.09. The topological polar surface area (TPSA) is 72.6 Å². The van der Waals surface area contributed by atoms with Crippen LogP contribution in [-0.2, 0) is 4.79 Å². The first kappa shape index (κ1) is 12.4. The molecule has 1 aliphatic heterocycles. The lowest BCUT2D eigenvalue weighted by Crippen LogP contribution is -2.48. The summed E-state index contributed by atoms with van der Waals surface area (Å²) in [7, 11) is 0. The van der Waals surface area contributed by atoms with Crippen LogP contribution in [-0.4, -0.2) is 29.5 Å². The Morgan fingerprint density at radius 2 is 2.08 bits per heavy atom. The molecule has 1 atom stereocenters. The van der Waals surface area contributed by atoms with Gasteiger partial charge in [-0.25, -0.2) is 0 Å². The SMILES string of the molecule is CC(C)(C)NC(=O)[C@@H]1CCCN1.O. The number of amides is 1. The predicted octanol–water partition coefficient (Wildman–Crippen LogP) is -0.172. The van der Waals surface area contributed by atoms with Crippen LogP contribution in [0.15, 0.2) is 0 Å². The molecule has 1 aliphatic rings. The molecule has 1 amide bonds. The van der Waals surface area contributed by atoms with Crippen molar-refractivity contribution in [3.8, 4) is 0 Å². The Balaban J connectivity index is 0.00000144. The maximum atomic E-state index is 11.5. The lowest BCUT2D eigenvalue weighted by atomic mass is 10.1. The third-order valence-corrected chi connectivity index (χ3v) is 1.88. The number of nitrogens with one attached hydrogen (secondary N) is 2. The van der Waals surface area contributed by atoms with Gasteiger partial charge in [0.05, 0.1) is 6.04 Å². The van der Waals surface area contributed by atoms with Crippen molar-refractivity contribution >= 4 is 5.91 Å². The van der Waals surface area contributed by atoms with E-state index in [1.165, 1.54) is 0 Å². The highest BCUT2D eigenvalue weighted by molar-refractivity contribution is 5.82. The fourth-order valence-corrected chi connectivity index (χ4v) is 1.37. The van der Waals surface area contributed by atoms with E-state index < -0.39 is 0 Å². The first-order valence-electron chi connectivity index (χ1n) is 4.54. The molecule has 1 saturated heterocycles. The summed E-state index contributed by atoms with van der Waals surface area (Å²) in [4.78, 5) is 11.5. The molecule has 1 rings (SSSR count). The molecule has 4 heteroatoms. The second-order valence-corrected chi connectivity index (χ2v) is 4.39. The Morgan fingerprint density at radius 3 is 2.46 bits per heavy atom. The fraction of sp³-hybridized carbons (Fsp3) is 0.889. The second-order valence-electron chi connectivity index (χ2n) is 4.39. The average Bonchev–Trinajstić information content (AvgIpc) is 2.32. The van der Waals surface area contributed by atoms with E-state index in [1.807, 2.05) is 20.8 Å². The third-order valence-electron chi connectivity index (χ3n) is 1.88. The quantitative estimate of drug-likeness (QED) is 0.599. The number of hydrogen-bond acceptors (Lipinski definition) is 2. The van der Waals surface area contributed by atoms with E-state index in [9.17, 15) is 4.79 Å². The van der Waals surface area contributed by atoms with Gasteiger partial charge in [-0.15, -0.1) is 0 Å². The molecule has 4 N–H and O–H groups in total. The van der Waals surface area contributed by atoms with Gasteiger partial charge in [0.1, 0.15) is 0 Å². The summed E-state index contributed by atoms with van der Waals surface area (Å²) >= 11 is 0. The minimum atomic E-state index is -0.110. The fourth-order valence-electron chi connectivity index (χ4n) is 1.37. The zero-order chi connectivity index (χ0) is 9.19. The zero-order valence-electron chi connectivity index (χ0n) is 8.61. The molecule has 0 aromatic carbocycles. The Hall–Kier alpha value is -0.610. The van der Waals surface area contributed by atoms with Gasteiger partial charge in [-0.05, 0) is 40.2 Å². The smallest absolute Gasteiger partial charge is 0.237 e. The molecule has 1 fully saturated rings. The largest absolute Gasteiger partial charge is 0.412 e. The molecule has 0 radical (unpaired) electrons. The van der Waals surface area contributed by atoms with Crippen molar-refractivity contribution in [2.24, 2.45) is 0 Å². The molecule has 0 bridgehead atoms. The number of carbonyl (C=O) groups is 1. The highest BCUT2D eigenvalue weighted by Gasteiger charge is 2.24. The van der Waals surface area contributed by atoms with Gasteiger partial charge in [-0.3, -0.25) is 4.79 Å². The van der Waals surface area contributed by atoms with Crippen LogP contribution in [0, 0.1) is 0 Å². The normalized spacial score (nSPS) is 22.2. The van der Waals surface area contributed by atoms with Gasteiger partial charge in [0.15, 0.2) is 0 Å². The Kier molecular flexibility index (Phi) is 4.36. The molecule has 4 nitrogen and oxygen atoms in total. The van der Waals surface area contributed by atoms with E-state index in [1.54, 1.807) is 0 Å². The van der Waals surface area contributed by atoms with E-state index in [2.05, 4.69) is 10.6 Å². The molecule has 0 unspecified atom stereocenters. The van der Waals surface area contributed by atoms with Gasteiger partial charge in [0, 0.05) is 5.54 Å². The molecule has 1 heterocycles. The van der Waals surface area contributed by atoms with Crippen LogP contribution >= 0.6 is 0 Å². The van der Waals surface area contributed by atoms with Gasteiger partial charge < -0.3 is 16.1 Å². The van der Waals surface area contributed by atoms with E-state index in [4.69, 9.17) is 0 Å². The van der Waals surface area contributed by atoms with Crippen molar-refractivity contribution in [2.75, 3.05) is 6.54 Å². The van der Waals surface area contributed by atoms with Gasteiger partial charge in [0.2, 0.25) is 5.91 Å². The molecule has 0 aliphatic carbocycles. The Bertz CT molecular complexity index is 169. The highest BCUT2D eigenvalue weighted by atomic mass is 16.2. The summed E-state index contributed by atoms with van der Waals surface area (Å²) in [5, 5.41) is 6.13. The molecular weight excluding hydrogens is 168 g/mol. The van der Waals surface area contributed by atoms with Crippen molar-refractivity contribution in [3.05, 3.63) is 0 Å². The summed E-state index contributed by atoms with van der Waals surface area (Å²) in [6.45, 7) is 6.97. The lowest BCUT2D eigenvalue weighted by molar-refractivity contribution is -0.124. The Morgan fingerprint density at radius 1 is 1.46 bits per heavy atom. The predicted molar refractivity (Wildman–Crippen MR) is 52.5 cm³/mol. The van der Waals surface area contributed by atoms with Crippen LogP contribution < -0.4 is 10.6 Å². The van der Waals surface area contributed by atoms with Crippen molar-refractivity contribution in [3.63, 3.8) is 0 Å². The summed E-state index contributed by atoms with van der Waals surface area (Å²) in [5.41, 5.74) is -0.110. The Labute approximate surface area is 79.4 Å².